The Balaban J connectivity index is 1.39. The van der Waals surface area contributed by atoms with Crippen molar-refractivity contribution in [2.24, 2.45) is 7.05 Å². The molecule has 1 aromatic carbocycles. The molecule has 0 unspecified atom stereocenters. The summed E-state index contributed by atoms with van der Waals surface area (Å²) in [6.07, 6.45) is 6.44. The lowest BCUT2D eigenvalue weighted by Crippen LogP contribution is -2.30. The number of nitrogens with zero attached hydrogens (tertiary/aromatic N) is 4. The summed E-state index contributed by atoms with van der Waals surface area (Å²) < 4.78 is 30.3. The fourth-order valence-electron chi connectivity index (χ4n) is 5.11. The number of aromatic nitrogens is 3. The number of hydrogen-bond acceptors (Lipinski definition) is 9. The first-order valence-corrected chi connectivity index (χ1v) is 15.2. The normalized spacial score (nSPS) is 13.7. The maximum atomic E-state index is 16.0. The minimum absolute atomic E-state index is 0.0439. The van der Waals surface area contributed by atoms with Gasteiger partial charge in [-0.1, -0.05) is 0 Å². The van der Waals surface area contributed by atoms with Gasteiger partial charge in [-0.3, -0.25) is 23.9 Å². The van der Waals surface area contributed by atoms with Crippen LogP contribution in [0.15, 0.2) is 48.9 Å². The zero-order valence-corrected chi connectivity index (χ0v) is 26.7. The van der Waals surface area contributed by atoms with E-state index in [2.05, 4.69) is 15.8 Å². The van der Waals surface area contributed by atoms with Gasteiger partial charge in [-0.2, -0.15) is 5.10 Å². The number of hydroxylamine groups is 1. The molecule has 5 rings (SSSR count). The summed E-state index contributed by atoms with van der Waals surface area (Å²) in [5, 5.41) is 8.52. The van der Waals surface area contributed by atoms with E-state index in [1.165, 1.54) is 19.1 Å². The minimum atomic E-state index is -0.631. The predicted octanol–water partition coefficient (Wildman–Crippen LogP) is 5.08. The van der Waals surface area contributed by atoms with Crippen LogP contribution in [-0.4, -0.2) is 62.3 Å². The third-order valence-corrected chi connectivity index (χ3v) is 7.17. The molecule has 13 heteroatoms. The van der Waals surface area contributed by atoms with Crippen LogP contribution in [0.4, 0.5) is 10.1 Å². The van der Waals surface area contributed by atoms with E-state index in [0.29, 0.717) is 28.8 Å². The number of amides is 1. The standard InChI is InChI=1S/C33H39FN6O6/c1-21(41)28-17-26(29-16-24(9-12-39(28)29)44-13-6-8-30(42)46-33(2,3)4)32(43)37-27-15-22(20-45-40-11-7-10-35-40)14-25(31(27)34)23-18-36-38(5)19-23/h9,12,14-19,35H,6-8,10-11,13,20H2,1-5H3,(H,37,43). The van der Waals surface area contributed by atoms with Crippen molar-refractivity contribution in [1.29, 1.82) is 0 Å². The van der Waals surface area contributed by atoms with Crippen molar-refractivity contribution < 1.29 is 33.1 Å². The maximum Gasteiger partial charge on any atom is 0.306 e. The summed E-state index contributed by atoms with van der Waals surface area (Å²) in [7, 11) is 1.74. The molecule has 244 valence electrons. The van der Waals surface area contributed by atoms with Gasteiger partial charge in [0.2, 0.25) is 0 Å². The first-order chi connectivity index (χ1) is 21.9. The number of Topliss-reactive ketones (excluding diaryl/α,β-unsaturated/α-hetero) is 1. The van der Waals surface area contributed by atoms with Gasteiger partial charge >= 0.3 is 5.97 Å². The zero-order valence-electron chi connectivity index (χ0n) is 26.7. The SMILES string of the molecule is CC(=O)c1cc(C(=O)Nc2cc(CON3CCCN3)cc(-c3cnn(C)c3)c2F)c2cc(OCCCC(=O)OC(C)(C)C)ccn12. The summed E-state index contributed by atoms with van der Waals surface area (Å²) in [5.41, 5.74) is 4.79. The fraction of sp³-hybridized carbons (Fsp3) is 0.394. The molecule has 1 fully saturated rings. The van der Waals surface area contributed by atoms with Gasteiger partial charge in [0, 0.05) is 63.1 Å². The number of halogens is 1. The van der Waals surface area contributed by atoms with Crippen molar-refractivity contribution in [2.75, 3.05) is 25.0 Å². The smallest absolute Gasteiger partial charge is 0.306 e. The van der Waals surface area contributed by atoms with Crippen LogP contribution in [-0.2, 0) is 28.0 Å². The van der Waals surface area contributed by atoms with E-state index in [1.807, 2.05) is 20.8 Å². The van der Waals surface area contributed by atoms with Gasteiger partial charge in [0.1, 0.15) is 11.4 Å². The molecule has 12 nitrogen and oxygen atoms in total. The highest BCUT2D eigenvalue weighted by molar-refractivity contribution is 6.11. The van der Waals surface area contributed by atoms with Crippen LogP contribution in [0.3, 0.4) is 0 Å². The molecule has 2 N–H and O–H groups in total. The van der Waals surface area contributed by atoms with Gasteiger partial charge in [-0.15, -0.1) is 5.17 Å². The molecule has 0 radical (unpaired) electrons. The summed E-state index contributed by atoms with van der Waals surface area (Å²) >= 11 is 0. The number of ketones is 1. The number of fused-ring (bicyclic) bond motifs is 1. The second kappa shape index (κ2) is 13.8. The first-order valence-electron chi connectivity index (χ1n) is 15.2. The topological polar surface area (TPSA) is 128 Å². The Labute approximate surface area is 266 Å². The van der Waals surface area contributed by atoms with Crippen LogP contribution in [0.5, 0.6) is 5.75 Å². The number of esters is 1. The average Bonchev–Trinajstić information content (AvgIpc) is 3.75. The molecule has 4 heterocycles. The van der Waals surface area contributed by atoms with E-state index in [1.54, 1.807) is 58.1 Å². The highest BCUT2D eigenvalue weighted by Gasteiger charge is 2.22. The van der Waals surface area contributed by atoms with Crippen LogP contribution >= 0.6 is 0 Å². The first kappa shape index (κ1) is 32.8. The van der Waals surface area contributed by atoms with E-state index < -0.39 is 17.3 Å². The number of carbonyl (C=O) groups is 3. The lowest BCUT2D eigenvalue weighted by molar-refractivity contribution is -0.186. The molecule has 0 atom stereocenters. The van der Waals surface area contributed by atoms with Crippen molar-refractivity contribution >= 4 is 28.9 Å². The Kier molecular flexibility index (Phi) is 9.85. The van der Waals surface area contributed by atoms with Gasteiger partial charge in [0.25, 0.3) is 5.91 Å². The Morgan fingerprint density at radius 3 is 2.63 bits per heavy atom. The largest absolute Gasteiger partial charge is 0.493 e. The number of aryl methyl sites for hydroxylation is 1. The van der Waals surface area contributed by atoms with Gasteiger partial charge in [0.05, 0.1) is 41.9 Å². The van der Waals surface area contributed by atoms with Gasteiger partial charge < -0.3 is 19.2 Å². The van der Waals surface area contributed by atoms with E-state index >= 15 is 4.39 Å². The quantitative estimate of drug-likeness (QED) is 0.125. The number of anilines is 1. The third kappa shape index (κ3) is 7.97. The Hall–Kier alpha value is -4.59. The second-order valence-electron chi connectivity index (χ2n) is 12.2. The fourth-order valence-corrected chi connectivity index (χ4v) is 5.11. The average molecular weight is 635 g/mol. The van der Waals surface area contributed by atoms with Gasteiger partial charge in [-0.05, 0) is 63.4 Å². The number of pyridine rings is 1. The van der Waals surface area contributed by atoms with Crippen LogP contribution < -0.4 is 15.5 Å². The predicted molar refractivity (Wildman–Crippen MR) is 169 cm³/mol. The number of ether oxygens (including phenoxy) is 2. The Morgan fingerprint density at radius 1 is 1.15 bits per heavy atom. The monoisotopic (exact) mass is 634 g/mol. The Bertz CT molecular complexity index is 1750. The van der Waals surface area contributed by atoms with Crippen LogP contribution in [0.2, 0.25) is 0 Å². The van der Waals surface area contributed by atoms with E-state index in [0.717, 1.165) is 19.5 Å². The van der Waals surface area contributed by atoms with Crippen LogP contribution in [0, 0.1) is 5.82 Å². The Morgan fingerprint density at radius 2 is 1.96 bits per heavy atom. The number of benzene rings is 1. The molecule has 46 heavy (non-hydrogen) atoms. The molecule has 3 aromatic heterocycles. The highest BCUT2D eigenvalue weighted by atomic mass is 19.1. The van der Waals surface area contributed by atoms with Crippen molar-refractivity contribution in [2.45, 2.75) is 59.2 Å². The maximum absolute atomic E-state index is 16.0. The molecule has 1 saturated heterocycles. The molecule has 1 aliphatic heterocycles. The van der Waals surface area contributed by atoms with Crippen LogP contribution in [0.25, 0.3) is 16.6 Å². The summed E-state index contributed by atoms with van der Waals surface area (Å²) in [4.78, 5) is 44.1. The van der Waals surface area contributed by atoms with E-state index in [9.17, 15) is 14.4 Å². The number of rotatable bonds is 12. The van der Waals surface area contributed by atoms with E-state index in [-0.39, 0.29) is 53.9 Å². The molecule has 0 aliphatic carbocycles. The lowest BCUT2D eigenvalue weighted by Gasteiger charge is -2.19. The van der Waals surface area contributed by atoms with Crippen molar-refractivity contribution in [1.82, 2.24) is 24.8 Å². The summed E-state index contributed by atoms with van der Waals surface area (Å²) in [5.74, 6) is -1.36. The van der Waals surface area contributed by atoms with Crippen molar-refractivity contribution in [3.63, 3.8) is 0 Å². The molecule has 1 amide bonds. The zero-order chi connectivity index (χ0) is 33.0. The number of hydrazine groups is 1. The molecular formula is C33H39FN6O6. The number of nitrogens with one attached hydrogen (secondary N) is 2. The molecule has 1 aliphatic rings. The van der Waals surface area contributed by atoms with Crippen molar-refractivity contribution in [3.8, 4) is 16.9 Å². The van der Waals surface area contributed by atoms with Crippen molar-refractivity contribution in [3.05, 3.63) is 71.6 Å². The van der Waals surface area contributed by atoms with E-state index in [4.69, 9.17) is 14.3 Å². The van der Waals surface area contributed by atoms with Crippen LogP contribution in [0.1, 0.15) is 73.4 Å². The number of hydrogen-bond donors (Lipinski definition) is 2. The minimum Gasteiger partial charge on any atom is -0.493 e. The lowest BCUT2D eigenvalue weighted by atomic mass is 10.0. The summed E-state index contributed by atoms with van der Waals surface area (Å²) in [6, 6.07) is 8.00. The van der Waals surface area contributed by atoms with Gasteiger partial charge in [-0.25, -0.2) is 9.82 Å². The molecule has 0 bridgehead atoms. The van der Waals surface area contributed by atoms with Gasteiger partial charge in [0.15, 0.2) is 11.6 Å². The molecule has 0 saturated carbocycles. The molecule has 4 aromatic rings. The second-order valence-corrected chi connectivity index (χ2v) is 12.2. The third-order valence-electron chi connectivity index (χ3n) is 7.17. The molecule has 0 spiro atoms. The highest BCUT2D eigenvalue weighted by Crippen LogP contribution is 2.31. The molecular weight excluding hydrogens is 595 g/mol. The number of carbonyl (C=O) groups excluding carboxylic acids is 3. The summed E-state index contributed by atoms with van der Waals surface area (Å²) in [6.45, 7) is 8.73.